The van der Waals surface area contributed by atoms with Gasteiger partial charge in [-0.2, -0.15) is 0 Å². The molecule has 0 aliphatic heterocycles. The largest absolute Gasteiger partial charge is 0.0642 e. The summed E-state index contributed by atoms with van der Waals surface area (Å²) in [5, 5.41) is 0. The lowest BCUT2D eigenvalue weighted by atomic mass is 9.74. The summed E-state index contributed by atoms with van der Waals surface area (Å²) < 4.78 is 4.51. The first-order valence-corrected chi connectivity index (χ1v) is 10.1. The molecule has 0 fully saturated rings. The third-order valence-electron chi connectivity index (χ3n) is 4.62. The van der Waals surface area contributed by atoms with Gasteiger partial charge in [0.2, 0.25) is 0 Å². The number of fused-ring (bicyclic) bond motifs is 3. The normalized spacial score (nSPS) is 15.0. The average Bonchev–Trinajstić information content (AvgIpc) is 2.69. The molecule has 0 saturated carbocycles. The van der Waals surface area contributed by atoms with Gasteiger partial charge in [0, 0.05) is 28.9 Å². The second-order valence-electron chi connectivity index (χ2n) is 5.41. The topological polar surface area (TPSA) is 0 Å². The first-order chi connectivity index (χ1) is 9.94. The number of hydrogen-bond acceptors (Lipinski definition) is 0. The minimum absolute atomic E-state index is 0.0974. The second-order valence-corrected chi connectivity index (χ2v) is 8.89. The molecule has 1 aliphatic rings. The fourth-order valence-electron chi connectivity index (χ4n) is 3.53. The zero-order chi connectivity index (χ0) is 15.4. The Balaban J connectivity index is 2.46. The third kappa shape index (κ3) is 2.32. The predicted molar refractivity (Wildman–Crippen MR) is 104 cm³/mol. The van der Waals surface area contributed by atoms with Gasteiger partial charge in [-0.15, -0.1) is 0 Å². The van der Waals surface area contributed by atoms with Crippen LogP contribution in [0.4, 0.5) is 0 Å². The van der Waals surface area contributed by atoms with Gasteiger partial charge in [0.05, 0.1) is 0 Å². The summed E-state index contributed by atoms with van der Waals surface area (Å²) in [6.45, 7) is 4.57. The summed E-state index contributed by atoms with van der Waals surface area (Å²) in [6.07, 6.45) is 2.20. The predicted octanol–water partition coefficient (Wildman–Crippen LogP) is 7.82. The third-order valence-corrected chi connectivity index (χ3v) is 7.55. The van der Waals surface area contributed by atoms with Gasteiger partial charge in [-0.25, -0.2) is 0 Å². The van der Waals surface area contributed by atoms with Crippen LogP contribution < -0.4 is 0 Å². The van der Waals surface area contributed by atoms with E-state index in [0.29, 0.717) is 0 Å². The maximum atomic E-state index is 3.76. The van der Waals surface area contributed by atoms with Crippen LogP contribution in [0, 0.1) is 0 Å². The standard InChI is InChI=1S/C17H14Br4/c1-3-17(4-2)11-8-14(20)13(19)7-10(11)16-12(17)5-9(18)6-15(16)21/h5-8H,3-4H2,1-2H3. The molecule has 2 aromatic carbocycles. The lowest BCUT2D eigenvalue weighted by molar-refractivity contribution is 0.490. The molecule has 4 heteroatoms. The van der Waals surface area contributed by atoms with E-state index in [2.05, 4.69) is 102 Å². The molecule has 1 aliphatic carbocycles. The van der Waals surface area contributed by atoms with E-state index in [1.54, 1.807) is 0 Å². The van der Waals surface area contributed by atoms with Crippen LogP contribution in [0.25, 0.3) is 11.1 Å². The van der Waals surface area contributed by atoms with Crippen molar-refractivity contribution < 1.29 is 0 Å². The van der Waals surface area contributed by atoms with Crippen molar-refractivity contribution in [3.8, 4) is 11.1 Å². The Labute approximate surface area is 159 Å². The number of hydrogen-bond donors (Lipinski definition) is 0. The minimum atomic E-state index is 0.0974. The molecule has 21 heavy (non-hydrogen) atoms. The van der Waals surface area contributed by atoms with Crippen molar-refractivity contribution in [2.24, 2.45) is 0 Å². The van der Waals surface area contributed by atoms with Crippen LogP contribution in [0.5, 0.6) is 0 Å². The van der Waals surface area contributed by atoms with E-state index in [-0.39, 0.29) is 5.41 Å². The molecule has 110 valence electrons. The minimum Gasteiger partial charge on any atom is -0.0642 e. The van der Waals surface area contributed by atoms with E-state index >= 15 is 0 Å². The monoisotopic (exact) mass is 534 g/mol. The van der Waals surface area contributed by atoms with Crippen LogP contribution in [-0.2, 0) is 5.41 Å². The highest BCUT2D eigenvalue weighted by Gasteiger charge is 2.42. The molecular formula is C17H14Br4. The summed E-state index contributed by atoms with van der Waals surface area (Å²) in [7, 11) is 0. The van der Waals surface area contributed by atoms with Gasteiger partial charge in [0.15, 0.2) is 0 Å². The lowest BCUT2D eigenvalue weighted by Crippen LogP contribution is -2.23. The highest BCUT2D eigenvalue weighted by molar-refractivity contribution is 9.13. The van der Waals surface area contributed by atoms with Gasteiger partial charge in [-0.05, 0) is 85.7 Å². The summed E-state index contributed by atoms with van der Waals surface area (Å²) in [6, 6.07) is 8.95. The zero-order valence-electron chi connectivity index (χ0n) is 11.7. The molecule has 0 unspecified atom stereocenters. The SMILES string of the molecule is CCC1(CC)c2cc(Br)c(Br)cc2-c2c(Br)cc(Br)cc21. The summed E-state index contributed by atoms with van der Waals surface area (Å²) in [5.41, 5.74) is 5.62. The number of halogens is 4. The molecule has 0 saturated heterocycles. The summed E-state index contributed by atoms with van der Waals surface area (Å²) in [5.74, 6) is 0. The maximum absolute atomic E-state index is 3.76. The highest BCUT2D eigenvalue weighted by Crippen LogP contribution is 2.56. The fraction of sp³-hybridized carbons (Fsp3) is 0.294. The Morgan fingerprint density at radius 2 is 1.38 bits per heavy atom. The molecule has 0 nitrogen and oxygen atoms in total. The van der Waals surface area contributed by atoms with Crippen LogP contribution in [0.2, 0.25) is 0 Å². The Kier molecular flexibility index (Phi) is 4.46. The second kappa shape index (κ2) is 5.77. The number of rotatable bonds is 2. The Morgan fingerprint density at radius 3 is 2.00 bits per heavy atom. The Morgan fingerprint density at radius 1 is 0.762 bits per heavy atom. The van der Waals surface area contributed by atoms with Crippen LogP contribution in [0.15, 0.2) is 42.2 Å². The maximum Gasteiger partial charge on any atom is 0.0323 e. The molecular weight excluding hydrogens is 524 g/mol. The Bertz CT molecular complexity index is 730. The molecule has 0 bridgehead atoms. The molecule has 3 rings (SSSR count). The van der Waals surface area contributed by atoms with Crippen molar-refractivity contribution in [1.82, 2.24) is 0 Å². The van der Waals surface area contributed by atoms with Crippen molar-refractivity contribution >= 4 is 63.7 Å². The van der Waals surface area contributed by atoms with Gasteiger partial charge in [-0.1, -0.05) is 45.7 Å². The Hall–Kier alpha value is 0.360. The van der Waals surface area contributed by atoms with Gasteiger partial charge >= 0.3 is 0 Å². The smallest absolute Gasteiger partial charge is 0.0323 e. The lowest BCUT2D eigenvalue weighted by Gasteiger charge is -2.30. The van der Waals surface area contributed by atoms with Crippen LogP contribution in [-0.4, -0.2) is 0 Å². The van der Waals surface area contributed by atoms with Gasteiger partial charge in [-0.3, -0.25) is 0 Å². The first-order valence-electron chi connectivity index (χ1n) is 6.94. The van der Waals surface area contributed by atoms with Crippen LogP contribution in [0.3, 0.4) is 0 Å². The zero-order valence-corrected chi connectivity index (χ0v) is 18.1. The van der Waals surface area contributed by atoms with E-state index in [1.807, 2.05) is 0 Å². The van der Waals surface area contributed by atoms with Crippen molar-refractivity contribution in [2.75, 3.05) is 0 Å². The van der Waals surface area contributed by atoms with E-state index in [0.717, 1.165) is 30.7 Å². The van der Waals surface area contributed by atoms with E-state index in [4.69, 9.17) is 0 Å². The van der Waals surface area contributed by atoms with Gasteiger partial charge in [0.25, 0.3) is 0 Å². The van der Waals surface area contributed by atoms with E-state index in [9.17, 15) is 0 Å². The molecule has 0 aromatic heterocycles. The fourth-order valence-corrected chi connectivity index (χ4v) is 5.66. The molecule has 0 spiro atoms. The quantitative estimate of drug-likeness (QED) is 0.366. The average molecular weight is 538 g/mol. The molecule has 0 amide bonds. The van der Waals surface area contributed by atoms with Crippen LogP contribution in [0.1, 0.15) is 37.8 Å². The molecule has 0 radical (unpaired) electrons. The van der Waals surface area contributed by atoms with E-state index < -0.39 is 0 Å². The molecule has 0 N–H and O–H groups in total. The summed E-state index contributed by atoms with van der Waals surface area (Å²) >= 11 is 14.7. The van der Waals surface area contributed by atoms with E-state index in [1.165, 1.54) is 22.3 Å². The molecule has 0 heterocycles. The van der Waals surface area contributed by atoms with Gasteiger partial charge in [0.1, 0.15) is 0 Å². The molecule has 2 aromatic rings. The van der Waals surface area contributed by atoms with Gasteiger partial charge < -0.3 is 0 Å². The van der Waals surface area contributed by atoms with Crippen molar-refractivity contribution in [1.29, 1.82) is 0 Å². The van der Waals surface area contributed by atoms with Crippen molar-refractivity contribution in [3.63, 3.8) is 0 Å². The van der Waals surface area contributed by atoms with Crippen molar-refractivity contribution in [3.05, 3.63) is 53.3 Å². The van der Waals surface area contributed by atoms with Crippen LogP contribution >= 0.6 is 63.7 Å². The first kappa shape index (κ1) is 16.2. The summed E-state index contributed by atoms with van der Waals surface area (Å²) in [4.78, 5) is 0. The molecule has 0 atom stereocenters. The number of benzene rings is 2. The van der Waals surface area contributed by atoms with Crippen molar-refractivity contribution in [2.45, 2.75) is 32.1 Å². The highest BCUT2D eigenvalue weighted by atomic mass is 79.9.